The molecule has 2 fully saturated rings. The molecule has 1 aromatic carbocycles. The zero-order chi connectivity index (χ0) is 17.6. The number of hydrogen-bond donors (Lipinski definition) is 2. The number of halogens is 1. The average Bonchev–Trinajstić information content (AvgIpc) is 2.90. The molecular formula is C19H29ClN4O2. The van der Waals surface area contributed by atoms with Gasteiger partial charge < -0.3 is 20.4 Å². The van der Waals surface area contributed by atoms with E-state index in [1.807, 2.05) is 36.1 Å². The molecule has 1 atom stereocenters. The third-order valence-corrected chi connectivity index (χ3v) is 4.98. The van der Waals surface area contributed by atoms with Crippen molar-refractivity contribution in [3.8, 4) is 0 Å². The van der Waals surface area contributed by atoms with Gasteiger partial charge in [0.15, 0.2) is 0 Å². The van der Waals surface area contributed by atoms with E-state index in [0.717, 1.165) is 56.7 Å². The third-order valence-electron chi connectivity index (χ3n) is 4.98. The van der Waals surface area contributed by atoms with Gasteiger partial charge in [-0.2, -0.15) is 0 Å². The van der Waals surface area contributed by atoms with Crippen LogP contribution in [0.25, 0.3) is 0 Å². The molecule has 0 radical (unpaired) electrons. The van der Waals surface area contributed by atoms with Crippen molar-refractivity contribution >= 4 is 30.0 Å². The van der Waals surface area contributed by atoms with E-state index >= 15 is 0 Å². The Morgan fingerprint density at radius 2 is 1.92 bits per heavy atom. The summed E-state index contributed by atoms with van der Waals surface area (Å²) in [5.41, 5.74) is 1.91. The fourth-order valence-corrected chi connectivity index (χ4v) is 3.61. The van der Waals surface area contributed by atoms with Gasteiger partial charge in [0.05, 0.1) is 5.92 Å². The number of aryl methyl sites for hydroxylation is 1. The summed E-state index contributed by atoms with van der Waals surface area (Å²) in [5.74, 6) is 0.131. The summed E-state index contributed by atoms with van der Waals surface area (Å²) in [6, 6.07) is 7.67. The molecule has 3 rings (SSSR count). The van der Waals surface area contributed by atoms with Crippen LogP contribution in [0.3, 0.4) is 0 Å². The minimum absolute atomic E-state index is 0. The van der Waals surface area contributed by atoms with Crippen LogP contribution >= 0.6 is 12.4 Å². The van der Waals surface area contributed by atoms with Gasteiger partial charge in [-0.15, -0.1) is 12.4 Å². The Morgan fingerprint density at radius 3 is 2.73 bits per heavy atom. The number of benzene rings is 1. The van der Waals surface area contributed by atoms with Gasteiger partial charge in [0, 0.05) is 38.4 Å². The monoisotopic (exact) mass is 380 g/mol. The van der Waals surface area contributed by atoms with E-state index in [-0.39, 0.29) is 30.3 Å². The standard InChI is InChI=1S/C19H28N4O2.ClH/c1-15-5-2-7-17(13-15)21-19(25)23-10-3-6-16(14-23)18(24)22-11-4-8-20-9-12-22;/h2,5,7,13,16,20H,3-4,6,8-12,14H2,1H3,(H,21,25);1H. The number of urea groups is 1. The van der Waals surface area contributed by atoms with Crippen molar-refractivity contribution < 1.29 is 9.59 Å². The summed E-state index contributed by atoms with van der Waals surface area (Å²) < 4.78 is 0. The summed E-state index contributed by atoms with van der Waals surface area (Å²) in [5, 5.41) is 6.28. The lowest BCUT2D eigenvalue weighted by Crippen LogP contribution is -2.48. The maximum atomic E-state index is 12.8. The molecule has 0 saturated carbocycles. The summed E-state index contributed by atoms with van der Waals surface area (Å²) >= 11 is 0. The largest absolute Gasteiger partial charge is 0.341 e. The number of carbonyl (C=O) groups is 2. The second-order valence-electron chi connectivity index (χ2n) is 7.01. The molecule has 2 aliphatic heterocycles. The molecule has 144 valence electrons. The first kappa shape index (κ1) is 20.5. The number of nitrogens with zero attached hydrogens (tertiary/aromatic N) is 2. The van der Waals surface area contributed by atoms with E-state index in [0.29, 0.717) is 13.1 Å². The Hall–Kier alpha value is -1.79. The summed E-state index contributed by atoms with van der Waals surface area (Å²) in [7, 11) is 0. The van der Waals surface area contributed by atoms with Gasteiger partial charge in [-0.1, -0.05) is 12.1 Å². The number of piperidine rings is 1. The zero-order valence-electron chi connectivity index (χ0n) is 15.4. The molecule has 1 unspecified atom stereocenters. The van der Waals surface area contributed by atoms with Crippen molar-refractivity contribution in [2.24, 2.45) is 5.92 Å². The number of rotatable bonds is 2. The van der Waals surface area contributed by atoms with E-state index in [1.165, 1.54) is 0 Å². The Balaban J connectivity index is 0.00000243. The van der Waals surface area contributed by atoms with Crippen LogP contribution in [0.5, 0.6) is 0 Å². The van der Waals surface area contributed by atoms with E-state index in [2.05, 4.69) is 10.6 Å². The smallest absolute Gasteiger partial charge is 0.321 e. The molecule has 2 aliphatic rings. The first-order chi connectivity index (χ1) is 12.1. The predicted molar refractivity (Wildman–Crippen MR) is 106 cm³/mol. The maximum absolute atomic E-state index is 12.8. The van der Waals surface area contributed by atoms with Crippen molar-refractivity contribution in [2.45, 2.75) is 26.2 Å². The highest BCUT2D eigenvalue weighted by Crippen LogP contribution is 2.20. The fraction of sp³-hybridized carbons (Fsp3) is 0.579. The van der Waals surface area contributed by atoms with Crippen LogP contribution in [-0.4, -0.2) is 61.0 Å². The van der Waals surface area contributed by atoms with Crippen molar-refractivity contribution in [1.29, 1.82) is 0 Å². The number of anilines is 1. The van der Waals surface area contributed by atoms with Gasteiger partial charge in [0.1, 0.15) is 0 Å². The number of hydrogen-bond acceptors (Lipinski definition) is 3. The molecule has 0 aromatic heterocycles. The van der Waals surface area contributed by atoms with Crippen LogP contribution in [0, 0.1) is 12.8 Å². The lowest BCUT2D eigenvalue weighted by atomic mass is 9.96. The molecule has 0 bridgehead atoms. The highest BCUT2D eigenvalue weighted by molar-refractivity contribution is 5.90. The molecule has 2 heterocycles. The van der Waals surface area contributed by atoms with Gasteiger partial charge in [-0.25, -0.2) is 4.79 Å². The highest BCUT2D eigenvalue weighted by Gasteiger charge is 2.31. The molecule has 3 amide bonds. The normalized spacial score (nSPS) is 20.7. The summed E-state index contributed by atoms with van der Waals surface area (Å²) in [6.07, 6.45) is 2.75. The maximum Gasteiger partial charge on any atom is 0.321 e. The van der Waals surface area contributed by atoms with Crippen LogP contribution in [0.1, 0.15) is 24.8 Å². The molecular weight excluding hydrogens is 352 g/mol. The van der Waals surface area contributed by atoms with Crippen LogP contribution in [-0.2, 0) is 4.79 Å². The van der Waals surface area contributed by atoms with Gasteiger partial charge >= 0.3 is 6.03 Å². The summed E-state index contributed by atoms with van der Waals surface area (Å²) in [4.78, 5) is 29.1. The van der Waals surface area contributed by atoms with Crippen LogP contribution in [0.15, 0.2) is 24.3 Å². The SMILES string of the molecule is Cc1cccc(NC(=O)N2CCCC(C(=O)N3CCCNCC3)C2)c1.Cl. The fourth-order valence-electron chi connectivity index (χ4n) is 3.61. The van der Waals surface area contributed by atoms with Crippen molar-refractivity contribution in [1.82, 2.24) is 15.1 Å². The highest BCUT2D eigenvalue weighted by atomic mass is 35.5. The van der Waals surface area contributed by atoms with Crippen LogP contribution in [0.2, 0.25) is 0 Å². The number of carbonyl (C=O) groups excluding carboxylic acids is 2. The number of likely N-dealkylation sites (tertiary alicyclic amines) is 1. The summed E-state index contributed by atoms with van der Waals surface area (Å²) in [6.45, 7) is 6.64. The van der Waals surface area contributed by atoms with Crippen molar-refractivity contribution in [3.63, 3.8) is 0 Å². The molecule has 2 saturated heterocycles. The van der Waals surface area contributed by atoms with E-state index in [1.54, 1.807) is 4.90 Å². The van der Waals surface area contributed by atoms with Gasteiger partial charge in [-0.05, 0) is 50.4 Å². The topological polar surface area (TPSA) is 64.7 Å². The van der Waals surface area contributed by atoms with E-state index in [9.17, 15) is 9.59 Å². The molecule has 26 heavy (non-hydrogen) atoms. The average molecular weight is 381 g/mol. The van der Waals surface area contributed by atoms with E-state index < -0.39 is 0 Å². The lowest BCUT2D eigenvalue weighted by Gasteiger charge is -2.34. The Bertz CT molecular complexity index is 617. The Kier molecular flexibility index (Phi) is 7.72. The van der Waals surface area contributed by atoms with Gasteiger partial charge in [0.25, 0.3) is 0 Å². The quantitative estimate of drug-likeness (QED) is 0.828. The van der Waals surface area contributed by atoms with Gasteiger partial charge in [0.2, 0.25) is 5.91 Å². The molecule has 1 aromatic rings. The molecule has 6 nitrogen and oxygen atoms in total. The number of amides is 3. The Labute approximate surface area is 161 Å². The zero-order valence-corrected chi connectivity index (χ0v) is 16.2. The van der Waals surface area contributed by atoms with Crippen molar-refractivity contribution in [3.05, 3.63) is 29.8 Å². The minimum atomic E-state index is -0.111. The third kappa shape index (κ3) is 5.35. The number of nitrogens with one attached hydrogen (secondary N) is 2. The lowest BCUT2D eigenvalue weighted by molar-refractivity contribution is -0.136. The minimum Gasteiger partial charge on any atom is -0.341 e. The van der Waals surface area contributed by atoms with Crippen molar-refractivity contribution in [2.75, 3.05) is 44.6 Å². The van der Waals surface area contributed by atoms with Gasteiger partial charge in [-0.3, -0.25) is 4.79 Å². The Morgan fingerprint density at radius 1 is 1.12 bits per heavy atom. The molecule has 0 aliphatic carbocycles. The first-order valence-corrected chi connectivity index (χ1v) is 9.25. The second kappa shape index (κ2) is 9.78. The second-order valence-corrected chi connectivity index (χ2v) is 7.01. The molecule has 7 heteroatoms. The van der Waals surface area contributed by atoms with E-state index in [4.69, 9.17) is 0 Å². The molecule has 2 N–H and O–H groups in total. The predicted octanol–water partition coefficient (Wildman–Crippen LogP) is 2.48. The first-order valence-electron chi connectivity index (χ1n) is 9.25. The molecule has 0 spiro atoms. The van der Waals surface area contributed by atoms with Crippen LogP contribution < -0.4 is 10.6 Å². The van der Waals surface area contributed by atoms with Crippen LogP contribution in [0.4, 0.5) is 10.5 Å².